The summed E-state index contributed by atoms with van der Waals surface area (Å²) in [5.74, 6) is -1.16. The smallest absolute Gasteiger partial charge is 0.471 e. The van der Waals surface area contributed by atoms with Crippen molar-refractivity contribution in [1.29, 1.82) is 0 Å². The molecule has 3 aromatic rings. The molecular formula is C19H15F3N4O3. The number of benzene rings is 1. The number of carbonyl (C=O) groups excluding carboxylic acids is 1. The van der Waals surface area contributed by atoms with Gasteiger partial charge in [0.2, 0.25) is 5.82 Å². The fourth-order valence-electron chi connectivity index (χ4n) is 2.99. The van der Waals surface area contributed by atoms with Crippen molar-refractivity contribution in [1.82, 2.24) is 20.0 Å². The Bertz CT molecular complexity index is 990. The molecule has 1 aliphatic rings. The number of hydrogen-bond acceptors (Lipinski definition) is 6. The molecule has 0 radical (unpaired) electrons. The Hall–Kier alpha value is -3.43. The Balaban J connectivity index is 1.37. The Morgan fingerprint density at radius 3 is 2.62 bits per heavy atom. The van der Waals surface area contributed by atoms with E-state index in [1.165, 1.54) is 0 Å². The maximum absolute atomic E-state index is 12.6. The Labute approximate surface area is 163 Å². The molecule has 1 fully saturated rings. The third-order valence-corrected chi connectivity index (χ3v) is 4.40. The first-order valence-electron chi connectivity index (χ1n) is 8.78. The van der Waals surface area contributed by atoms with Gasteiger partial charge >= 0.3 is 12.1 Å². The summed E-state index contributed by atoms with van der Waals surface area (Å²) in [6.45, 7) is 0.984. The van der Waals surface area contributed by atoms with Crippen LogP contribution in [0.15, 0.2) is 53.2 Å². The van der Waals surface area contributed by atoms with Crippen molar-refractivity contribution in [3.63, 3.8) is 0 Å². The van der Waals surface area contributed by atoms with E-state index in [1.54, 1.807) is 53.6 Å². The second-order valence-corrected chi connectivity index (χ2v) is 6.44. The van der Waals surface area contributed by atoms with E-state index >= 15 is 0 Å². The molecule has 10 heteroatoms. The molecule has 0 aliphatic carbocycles. The van der Waals surface area contributed by atoms with Crippen LogP contribution >= 0.6 is 0 Å². The van der Waals surface area contributed by atoms with Gasteiger partial charge in [-0.3, -0.25) is 9.78 Å². The first-order valence-corrected chi connectivity index (χ1v) is 8.78. The van der Waals surface area contributed by atoms with Gasteiger partial charge in [0.25, 0.3) is 5.91 Å². The summed E-state index contributed by atoms with van der Waals surface area (Å²) in [5.41, 5.74) is 0.755. The van der Waals surface area contributed by atoms with E-state index in [-0.39, 0.29) is 17.8 Å². The number of aromatic nitrogens is 3. The highest BCUT2D eigenvalue weighted by Gasteiger charge is 2.38. The molecule has 3 heterocycles. The molecule has 1 aliphatic heterocycles. The number of hydrogen-bond donors (Lipinski definition) is 0. The van der Waals surface area contributed by atoms with Gasteiger partial charge in [-0.25, -0.2) is 0 Å². The lowest BCUT2D eigenvalue weighted by atomic mass is 10.2. The molecule has 1 saturated heterocycles. The number of ether oxygens (including phenoxy) is 1. The summed E-state index contributed by atoms with van der Waals surface area (Å²) in [6, 6.07) is 11.5. The number of likely N-dealkylation sites (tertiary alicyclic amines) is 1. The molecule has 29 heavy (non-hydrogen) atoms. The van der Waals surface area contributed by atoms with Crippen molar-refractivity contribution in [3.8, 4) is 17.1 Å². The minimum atomic E-state index is -4.69. The normalized spacial score (nSPS) is 16.8. The van der Waals surface area contributed by atoms with Crippen LogP contribution in [0.25, 0.3) is 11.4 Å². The molecule has 2 aromatic heterocycles. The summed E-state index contributed by atoms with van der Waals surface area (Å²) in [4.78, 5) is 21.5. The van der Waals surface area contributed by atoms with Crippen molar-refractivity contribution < 1.29 is 27.2 Å². The monoisotopic (exact) mass is 404 g/mol. The molecule has 0 bridgehead atoms. The molecule has 4 rings (SSSR count). The lowest BCUT2D eigenvalue weighted by Gasteiger charge is -2.17. The zero-order valence-electron chi connectivity index (χ0n) is 15.0. The predicted octanol–water partition coefficient (Wildman–Crippen LogP) is 3.44. The fraction of sp³-hybridized carbons (Fsp3) is 0.263. The summed E-state index contributed by atoms with van der Waals surface area (Å²) in [6.07, 6.45) is -2.63. The van der Waals surface area contributed by atoms with Crippen LogP contribution in [0, 0.1) is 0 Å². The number of pyridine rings is 1. The summed E-state index contributed by atoms with van der Waals surface area (Å²) in [7, 11) is 0. The van der Waals surface area contributed by atoms with E-state index in [0.717, 1.165) is 0 Å². The SMILES string of the molecule is O=C(c1ccccn1)N1CC[C@H](Oc2ccc(-c3noc(C(F)(F)F)n3)cc2)C1. The second kappa shape index (κ2) is 7.53. The molecular weight excluding hydrogens is 389 g/mol. The highest BCUT2D eigenvalue weighted by Crippen LogP contribution is 2.30. The maximum Gasteiger partial charge on any atom is 0.471 e. The Morgan fingerprint density at radius 1 is 1.17 bits per heavy atom. The van der Waals surface area contributed by atoms with E-state index in [0.29, 0.717) is 36.5 Å². The average Bonchev–Trinajstić information content (AvgIpc) is 3.38. The highest BCUT2D eigenvalue weighted by atomic mass is 19.4. The lowest BCUT2D eigenvalue weighted by Crippen LogP contribution is -2.31. The highest BCUT2D eigenvalue weighted by molar-refractivity contribution is 5.92. The molecule has 1 aromatic carbocycles. The number of rotatable bonds is 4. The van der Waals surface area contributed by atoms with E-state index < -0.39 is 12.1 Å². The van der Waals surface area contributed by atoms with Crippen LogP contribution in [0.2, 0.25) is 0 Å². The van der Waals surface area contributed by atoms with E-state index in [4.69, 9.17) is 4.74 Å². The zero-order valence-corrected chi connectivity index (χ0v) is 15.0. The standard InChI is InChI=1S/C19H15F3N4O3/c20-19(21,22)18-24-16(25-29-18)12-4-6-13(7-5-12)28-14-8-10-26(11-14)17(27)15-3-1-2-9-23-15/h1-7,9,14H,8,10-11H2/t14-/m0/s1. The van der Waals surface area contributed by atoms with Crippen LogP contribution in [-0.4, -0.2) is 45.1 Å². The summed E-state index contributed by atoms with van der Waals surface area (Å²) >= 11 is 0. The van der Waals surface area contributed by atoms with Gasteiger partial charge in [0.15, 0.2) is 0 Å². The van der Waals surface area contributed by atoms with Crippen LogP contribution in [0.3, 0.4) is 0 Å². The lowest BCUT2D eigenvalue weighted by molar-refractivity contribution is -0.159. The quantitative estimate of drug-likeness (QED) is 0.663. The van der Waals surface area contributed by atoms with Gasteiger partial charge in [-0.1, -0.05) is 11.2 Å². The largest absolute Gasteiger partial charge is 0.489 e. The van der Waals surface area contributed by atoms with E-state index in [2.05, 4.69) is 19.6 Å². The number of carbonyl (C=O) groups is 1. The van der Waals surface area contributed by atoms with Gasteiger partial charge in [0.1, 0.15) is 17.5 Å². The van der Waals surface area contributed by atoms with Crippen molar-refractivity contribution in [2.45, 2.75) is 18.7 Å². The zero-order chi connectivity index (χ0) is 20.4. The van der Waals surface area contributed by atoms with Gasteiger partial charge in [-0.15, -0.1) is 0 Å². The van der Waals surface area contributed by atoms with Crippen LogP contribution in [-0.2, 0) is 6.18 Å². The van der Waals surface area contributed by atoms with Gasteiger partial charge in [0, 0.05) is 24.7 Å². The number of halogens is 3. The van der Waals surface area contributed by atoms with E-state index in [9.17, 15) is 18.0 Å². The Kier molecular flexibility index (Phi) is 4.91. The van der Waals surface area contributed by atoms with Gasteiger partial charge in [0.05, 0.1) is 6.54 Å². The van der Waals surface area contributed by atoms with Gasteiger partial charge in [-0.2, -0.15) is 18.2 Å². The van der Waals surface area contributed by atoms with Gasteiger partial charge < -0.3 is 14.2 Å². The molecule has 0 spiro atoms. The molecule has 1 amide bonds. The minimum Gasteiger partial charge on any atom is -0.489 e. The number of amides is 1. The van der Waals surface area contributed by atoms with Crippen molar-refractivity contribution in [2.75, 3.05) is 13.1 Å². The molecule has 0 unspecified atom stereocenters. The topological polar surface area (TPSA) is 81.4 Å². The first kappa shape index (κ1) is 18.9. The van der Waals surface area contributed by atoms with Crippen LogP contribution in [0.5, 0.6) is 5.75 Å². The Morgan fingerprint density at radius 2 is 1.97 bits per heavy atom. The number of alkyl halides is 3. The third kappa shape index (κ3) is 4.20. The van der Waals surface area contributed by atoms with Crippen molar-refractivity contribution >= 4 is 5.91 Å². The summed E-state index contributed by atoms with van der Waals surface area (Å²) in [5, 5.41) is 3.35. The fourth-order valence-corrected chi connectivity index (χ4v) is 2.99. The second-order valence-electron chi connectivity index (χ2n) is 6.44. The minimum absolute atomic E-state index is 0.148. The molecule has 0 N–H and O–H groups in total. The van der Waals surface area contributed by atoms with Crippen molar-refractivity contribution in [3.05, 3.63) is 60.2 Å². The number of nitrogens with zero attached hydrogens (tertiary/aromatic N) is 4. The van der Waals surface area contributed by atoms with Crippen molar-refractivity contribution in [2.24, 2.45) is 0 Å². The van der Waals surface area contributed by atoms with Crippen LogP contribution in [0.1, 0.15) is 22.8 Å². The molecule has 150 valence electrons. The van der Waals surface area contributed by atoms with E-state index in [1.807, 2.05) is 0 Å². The third-order valence-electron chi connectivity index (χ3n) is 4.40. The molecule has 0 saturated carbocycles. The maximum atomic E-state index is 12.6. The predicted molar refractivity (Wildman–Crippen MR) is 93.9 cm³/mol. The average molecular weight is 404 g/mol. The molecule has 7 nitrogen and oxygen atoms in total. The van der Waals surface area contributed by atoms with Gasteiger partial charge in [-0.05, 0) is 36.4 Å². The van der Waals surface area contributed by atoms with Crippen LogP contribution in [0.4, 0.5) is 13.2 Å². The first-order chi connectivity index (χ1) is 13.9. The summed E-state index contributed by atoms with van der Waals surface area (Å²) < 4.78 is 47.8. The van der Waals surface area contributed by atoms with Crippen LogP contribution < -0.4 is 4.74 Å². The molecule has 1 atom stereocenters.